The van der Waals surface area contributed by atoms with Crippen LogP contribution in [0.5, 0.6) is 0 Å². The van der Waals surface area contributed by atoms with Gasteiger partial charge in [-0.1, -0.05) is 12.1 Å². The molecule has 8 nitrogen and oxygen atoms in total. The van der Waals surface area contributed by atoms with Crippen LogP contribution in [0.3, 0.4) is 0 Å². The van der Waals surface area contributed by atoms with Crippen molar-refractivity contribution in [2.75, 3.05) is 16.6 Å². The molecule has 0 amide bonds. The molecule has 0 aliphatic carbocycles. The summed E-state index contributed by atoms with van der Waals surface area (Å²) >= 11 is 0. The minimum atomic E-state index is -3.79. The molecule has 2 rings (SSSR count). The Kier molecular flexibility index (Phi) is 6.18. The van der Waals surface area contributed by atoms with Gasteiger partial charge in [0.2, 0.25) is 0 Å². The van der Waals surface area contributed by atoms with Crippen LogP contribution in [-0.4, -0.2) is 27.0 Å². The number of nitrogens with one attached hydrogen (secondary N) is 3. The predicted molar refractivity (Wildman–Crippen MR) is 99.6 cm³/mol. The lowest BCUT2D eigenvalue weighted by molar-refractivity contribution is -0.142. The third kappa shape index (κ3) is 5.49. The Balaban J connectivity index is 2.13. The van der Waals surface area contributed by atoms with Crippen LogP contribution in [0.15, 0.2) is 53.4 Å². The first kappa shape index (κ1) is 19.3. The van der Waals surface area contributed by atoms with Gasteiger partial charge in [-0.2, -0.15) is 0 Å². The lowest BCUT2D eigenvalue weighted by Gasteiger charge is -2.10. The maximum Gasteiger partial charge on any atom is 0.310 e. The molecule has 0 saturated heterocycles. The average molecular weight is 376 g/mol. The Morgan fingerprint density at radius 1 is 1.15 bits per heavy atom. The van der Waals surface area contributed by atoms with Crippen molar-refractivity contribution in [2.45, 2.75) is 18.2 Å². The minimum Gasteiger partial charge on any atom is -0.466 e. The number of anilines is 2. The summed E-state index contributed by atoms with van der Waals surface area (Å²) in [4.78, 5) is 11.6. The van der Waals surface area contributed by atoms with E-state index >= 15 is 0 Å². The predicted octanol–water partition coefficient (Wildman–Crippen LogP) is 1.90. The van der Waals surface area contributed by atoms with Crippen LogP contribution in [-0.2, 0) is 26.0 Å². The molecule has 138 valence electrons. The lowest BCUT2D eigenvalue weighted by Crippen LogP contribution is -2.20. The fourth-order valence-corrected chi connectivity index (χ4v) is 3.26. The van der Waals surface area contributed by atoms with Crippen LogP contribution in [0.25, 0.3) is 0 Å². The minimum absolute atomic E-state index is 0.0578. The van der Waals surface area contributed by atoms with Gasteiger partial charge in [0.25, 0.3) is 10.0 Å². The van der Waals surface area contributed by atoms with Crippen molar-refractivity contribution in [3.05, 3.63) is 54.1 Å². The molecular formula is C17H20N4O4S. The number of esters is 1. The molecule has 2 aromatic rings. The zero-order valence-electron chi connectivity index (χ0n) is 14.2. The van der Waals surface area contributed by atoms with E-state index in [4.69, 9.17) is 15.9 Å². The highest BCUT2D eigenvalue weighted by molar-refractivity contribution is 7.92. The van der Waals surface area contributed by atoms with Gasteiger partial charge in [0.1, 0.15) is 0 Å². The molecular weight excluding hydrogens is 356 g/mol. The van der Waals surface area contributed by atoms with Gasteiger partial charge in [0.15, 0.2) is 5.96 Å². The highest BCUT2D eigenvalue weighted by Crippen LogP contribution is 2.19. The monoisotopic (exact) mass is 376 g/mol. The van der Waals surface area contributed by atoms with E-state index in [9.17, 15) is 13.2 Å². The van der Waals surface area contributed by atoms with Gasteiger partial charge in [-0.3, -0.25) is 14.9 Å². The molecule has 0 aromatic heterocycles. The smallest absolute Gasteiger partial charge is 0.310 e. The Labute approximate surface area is 151 Å². The van der Waals surface area contributed by atoms with Crippen molar-refractivity contribution in [1.82, 2.24) is 0 Å². The van der Waals surface area contributed by atoms with Crippen molar-refractivity contribution in [2.24, 2.45) is 5.73 Å². The van der Waals surface area contributed by atoms with E-state index < -0.39 is 10.0 Å². The molecule has 0 fully saturated rings. The zero-order chi connectivity index (χ0) is 19.2. The highest BCUT2D eigenvalue weighted by Gasteiger charge is 2.15. The Hall–Kier alpha value is -3.07. The van der Waals surface area contributed by atoms with Crippen molar-refractivity contribution in [3.8, 4) is 0 Å². The average Bonchev–Trinajstić information content (AvgIpc) is 2.55. The number of nitrogens with two attached hydrogens (primary N) is 1. The maximum atomic E-state index is 12.5. The van der Waals surface area contributed by atoms with E-state index in [1.807, 2.05) is 0 Å². The highest BCUT2D eigenvalue weighted by atomic mass is 32.2. The second-order valence-corrected chi connectivity index (χ2v) is 7.03. The number of ether oxygens (including phenoxy) is 1. The summed E-state index contributed by atoms with van der Waals surface area (Å²) in [6, 6.07) is 12.4. The quantitative estimate of drug-likeness (QED) is 0.331. The molecule has 5 N–H and O–H groups in total. The number of hydrogen-bond acceptors (Lipinski definition) is 5. The molecule has 0 radical (unpaired) electrons. The Morgan fingerprint density at radius 3 is 2.46 bits per heavy atom. The number of benzene rings is 2. The largest absolute Gasteiger partial charge is 0.466 e. The van der Waals surface area contributed by atoms with Crippen molar-refractivity contribution < 1.29 is 17.9 Å². The summed E-state index contributed by atoms with van der Waals surface area (Å²) in [6.07, 6.45) is 0.0643. The van der Waals surface area contributed by atoms with Crippen LogP contribution in [0.4, 0.5) is 11.4 Å². The van der Waals surface area contributed by atoms with Gasteiger partial charge in [0.05, 0.1) is 17.9 Å². The van der Waals surface area contributed by atoms with Gasteiger partial charge in [-0.25, -0.2) is 8.42 Å². The third-order valence-corrected chi connectivity index (χ3v) is 4.67. The Bertz CT molecular complexity index is 895. The number of carbonyl (C=O) groups is 1. The summed E-state index contributed by atoms with van der Waals surface area (Å²) in [5.41, 5.74) is 6.72. The molecule has 0 saturated carbocycles. The number of carbonyl (C=O) groups excluding carboxylic acids is 1. The second-order valence-electron chi connectivity index (χ2n) is 5.35. The zero-order valence-corrected chi connectivity index (χ0v) is 15.0. The van der Waals surface area contributed by atoms with Crippen LogP contribution >= 0.6 is 0 Å². The van der Waals surface area contributed by atoms with E-state index in [0.29, 0.717) is 23.5 Å². The second kappa shape index (κ2) is 8.34. The van der Waals surface area contributed by atoms with E-state index in [1.165, 1.54) is 24.3 Å². The molecule has 0 heterocycles. The Morgan fingerprint density at radius 2 is 1.85 bits per heavy atom. The first-order valence-electron chi connectivity index (χ1n) is 7.78. The molecule has 0 atom stereocenters. The fraction of sp³-hybridized carbons (Fsp3) is 0.176. The summed E-state index contributed by atoms with van der Waals surface area (Å²) in [5, 5.41) is 9.73. The van der Waals surface area contributed by atoms with Gasteiger partial charge < -0.3 is 15.8 Å². The molecule has 26 heavy (non-hydrogen) atoms. The topological polar surface area (TPSA) is 134 Å². The number of guanidine groups is 1. The van der Waals surface area contributed by atoms with Crippen molar-refractivity contribution in [3.63, 3.8) is 0 Å². The summed E-state index contributed by atoms with van der Waals surface area (Å²) in [7, 11) is -3.79. The van der Waals surface area contributed by atoms with Gasteiger partial charge in [-0.05, 0) is 48.9 Å². The molecule has 9 heteroatoms. The van der Waals surface area contributed by atoms with E-state index in [2.05, 4.69) is 10.0 Å². The van der Waals surface area contributed by atoms with Gasteiger partial charge in [-0.15, -0.1) is 0 Å². The number of hydrogen-bond donors (Lipinski definition) is 4. The molecule has 2 aromatic carbocycles. The molecule has 0 spiro atoms. The summed E-state index contributed by atoms with van der Waals surface area (Å²) in [5.74, 6) is -0.613. The van der Waals surface area contributed by atoms with Gasteiger partial charge in [0, 0.05) is 11.4 Å². The third-order valence-electron chi connectivity index (χ3n) is 3.28. The molecule has 0 unspecified atom stereocenters. The number of sulfonamides is 1. The van der Waals surface area contributed by atoms with Crippen LogP contribution in [0, 0.1) is 5.41 Å². The first-order chi connectivity index (χ1) is 12.3. The fourth-order valence-electron chi connectivity index (χ4n) is 2.21. The van der Waals surface area contributed by atoms with E-state index in [-0.39, 0.29) is 23.2 Å². The standard InChI is InChI=1S/C17H20N4O4S/c1-2-25-16(22)11-12-4-3-5-14(10-12)21-26(23,24)15-8-6-13(7-9-15)20-17(18)19/h3-10,21H,2,11H2,1H3,(H4,18,19,20). The van der Waals surface area contributed by atoms with Gasteiger partial charge >= 0.3 is 5.97 Å². The van der Waals surface area contributed by atoms with E-state index in [1.54, 1.807) is 31.2 Å². The summed E-state index contributed by atoms with van der Waals surface area (Å²) < 4.78 is 32.3. The first-order valence-corrected chi connectivity index (χ1v) is 9.27. The van der Waals surface area contributed by atoms with Crippen LogP contribution in [0.1, 0.15) is 12.5 Å². The number of rotatable bonds is 7. The van der Waals surface area contributed by atoms with Crippen LogP contribution < -0.4 is 15.8 Å². The molecule has 0 aliphatic rings. The van der Waals surface area contributed by atoms with E-state index in [0.717, 1.165) is 0 Å². The summed E-state index contributed by atoms with van der Waals surface area (Å²) in [6.45, 7) is 2.01. The lowest BCUT2D eigenvalue weighted by atomic mass is 10.1. The van der Waals surface area contributed by atoms with Crippen LogP contribution in [0.2, 0.25) is 0 Å². The SMILES string of the molecule is CCOC(=O)Cc1cccc(NS(=O)(=O)c2ccc(NC(=N)N)cc2)c1. The molecule has 0 aliphatic heterocycles. The normalized spacial score (nSPS) is 10.8. The van der Waals surface area contributed by atoms with Crippen molar-refractivity contribution >= 4 is 33.3 Å². The maximum absolute atomic E-state index is 12.5. The molecule has 0 bridgehead atoms. The van der Waals surface area contributed by atoms with Crippen molar-refractivity contribution in [1.29, 1.82) is 5.41 Å².